The fourth-order valence-electron chi connectivity index (χ4n) is 1.53. The van der Waals surface area contributed by atoms with Gasteiger partial charge >= 0.3 is 11.9 Å². The molecule has 0 saturated heterocycles. The van der Waals surface area contributed by atoms with Crippen molar-refractivity contribution < 1.29 is 19.4 Å². The number of carboxylic acids is 1. The molecule has 0 aliphatic heterocycles. The van der Waals surface area contributed by atoms with Crippen molar-refractivity contribution in [3.8, 4) is 0 Å². The Labute approximate surface area is 108 Å². The highest BCUT2D eigenvalue weighted by molar-refractivity contribution is 9.10. The van der Waals surface area contributed by atoms with Gasteiger partial charge in [0.15, 0.2) is 0 Å². The SMILES string of the molecule is COC(=O)CCc1cccc(Br)c1CC(=O)O. The monoisotopic (exact) mass is 300 g/mol. The maximum absolute atomic E-state index is 11.1. The zero-order valence-corrected chi connectivity index (χ0v) is 11.0. The molecule has 0 radical (unpaired) electrons. The molecule has 0 aliphatic carbocycles. The second-order valence-electron chi connectivity index (χ2n) is 3.52. The summed E-state index contributed by atoms with van der Waals surface area (Å²) in [6.45, 7) is 0. The zero-order chi connectivity index (χ0) is 12.8. The maximum atomic E-state index is 11.1. The van der Waals surface area contributed by atoms with Crippen molar-refractivity contribution in [1.29, 1.82) is 0 Å². The smallest absolute Gasteiger partial charge is 0.307 e. The second-order valence-corrected chi connectivity index (χ2v) is 4.38. The number of aryl methyl sites for hydroxylation is 1. The largest absolute Gasteiger partial charge is 0.481 e. The highest BCUT2D eigenvalue weighted by Gasteiger charge is 2.11. The number of carbonyl (C=O) groups excluding carboxylic acids is 1. The molecule has 17 heavy (non-hydrogen) atoms. The summed E-state index contributed by atoms with van der Waals surface area (Å²) in [6.07, 6.45) is 0.673. The molecule has 0 fully saturated rings. The topological polar surface area (TPSA) is 63.6 Å². The van der Waals surface area contributed by atoms with E-state index < -0.39 is 5.97 Å². The van der Waals surface area contributed by atoms with Crippen LogP contribution >= 0.6 is 15.9 Å². The number of carbonyl (C=O) groups is 2. The minimum Gasteiger partial charge on any atom is -0.481 e. The number of aliphatic carboxylic acids is 1. The van der Waals surface area contributed by atoms with Crippen LogP contribution in [0, 0.1) is 0 Å². The first-order valence-electron chi connectivity index (χ1n) is 5.09. The van der Waals surface area contributed by atoms with Crippen molar-refractivity contribution in [2.75, 3.05) is 7.11 Å². The second kappa shape index (κ2) is 6.39. The fourth-order valence-corrected chi connectivity index (χ4v) is 2.07. The summed E-state index contributed by atoms with van der Waals surface area (Å²) in [5.41, 5.74) is 1.57. The van der Waals surface area contributed by atoms with Gasteiger partial charge in [-0.1, -0.05) is 28.1 Å². The van der Waals surface area contributed by atoms with Crippen LogP contribution in [0.4, 0.5) is 0 Å². The normalized spacial score (nSPS) is 10.0. The third-order valence-electron chi connectivity index (χ3n) is 2.37. The van der Waals surface area contributed by atoms with Crippen molar-refractivity contribution >= 4 is 27.9 Å². The number of methoxy groups -OCH3 is 1. The highest BCUT2D eigenvalue weighted by atomic mass is 79.9. The van der Waals surface area contributed by atoms with Gasteiger partial charge in [-0.3, -0.25) is 9.59 Å². The summed E-state index contributed by atoms with van der Waals surface area (Å²) in [4.78, 5) is 21.8. The van der Waals surface area contributed by atoms with Crippen LogP contribution in [0.15, 0.2) is 22.7 Å². The fraction of sp³-hybridized carbons (Fsp3) is 0.333. The maximum Gasteiger partial charge on any atom is 0.307 e. The first-order valence-corrected chi connectivity index (χ1v) is 5.88. The van der Waals surface area contributed by atoms with E-state index in [2.05, 4.69) is 20.7 Å². The number of carboxylic acid groups (broad SMARTS) is 1. The number of esters is 1. The molecule has 0 heterocycles. The molecule has 5 heteroatoms. The third kappa shape index (κ3) is 4.19. The van der Waals surface area contributed by atoms with E-state index in [0.29, 0.717) is 12.0 Å². The minimum absolute atomic E-state index is 0.0576. The zero-order valence-electron chi connectivity index (χ0n) is 9.40. The van der Waals surface area contributed by atoms with Gasteiger partial charge in [-0.05, 0) is 23.6 Å². The van der Waals surface area contributed by atoms with Crippen molar-refractivity contribution in [1.82, 2.24) is 0 Å². The van der Waals surface area contributed by atoms with Gasteiger partial charge in [-0.25, -0.2) is 0 Å². The first-order chi connectivity index (χ1) is 8.04. The van der Waals surface area contributed by atoms with E-state index in [1.165, 1.54) is 7.11 Å². The quantitative estimate of drug-likeness (QED) is 0.847. The van der Waals surface area contributed by atoms with Gasteiger partial charge < -0.3 is 9.84 Å². The number of halogens is 1. The Hall–Kier alpha value is -1.36. The van der Waals surface area contributed by atoms with Crippen molar-refractivity contribution in [3.05, 3.63) is 33.8 Å². The Balaban J connectivity index is 2.86. The number of hydrogen-bond donors (Lipinski definition) is 1. The van der Waals surface area contributed by atoms with Gasteiger partial charge in [0, 0.05) is 10.9 Å². The van der Waals surface area contributed by atoms with Gasteiger partial charge in [0.2, 0.25) is 0 Å². The molecule has 92 valence electrons. The van der Waals surface area contributed by atoms with Gasteiger partial charge in [-0.15, -0.1) is 0 Å². The number of benzene rings is 1. The van der Waals surface area contributed by atoms with Crippen LogP contribution in [0.1, 0.15) is 17.5 Å². The van der Waals surface area contributed by atoms with Gasteiger partial charge in [0.05, 0.1) is 13.5 Å². The van der Waals surface area contributed by atoms with E-state index in [-0.39, 0.29) is 18.8 Å². The van der Waals surface area contributed by atoms with E-state index in [1.807, 2.05) is 12.1 Å². The van der Waals surface area contributed by atoms with E-state index in [0.717, 1.165) is 10.0 Å². The van der Waals surface area contributed by atoms with E-state index in [4.69, 9.17) is 5.11 Å². The van der Waals surface area contributed by atoms with Crippen LogP contribution in [0.25, 0.3) is 0 Å². The van der Waals surface area contributed by atoms with Crippen LogP contribution in [0.2, 0.25) is 0 Å². The van der Waals surface area contributed by atoms with E-state index >= 15 is 0 Å². The average molecular weight is 301 g/mol. The molecule has 0 aliphatic rings. The lowest BCUT2D eigenvalue weighted by molar-refractivity contribution is -0.140. The number of hydrogen-bond acceptors (Lipinski definition) is 3. The molecule has 0 saturated carbocycles. The lowest BCUT2D eigenvalue weighted by Crippen LogP contribution is -2.07. The predicted molar refractivity (Wildman–Crippen MR) is 65.8 cm³/mol. The van der Waals surface area contributed by atoms with Gasteiger partial charge in [0.1, 0.15) is 0 Å². The molecule has 4 nitrogen and oxygen atoms in total. The van der Waals surface area contributed by atoms with Crippen molar-refractivity contribution in [2.45, 2.75) is 19.3 Å². The van der Waals surface area contributed by atoms with Gasteiger partial charge in [-0.2, -0.15) is 0 Å². The summed E-state index contributed by atoms with van der Waals surface area (Å²) in [7, 11) is 1.33. The van der Waals surface area contributed by atoms with Crippen LogP contribution < -0.4 is 0 Å². The molecule has 0 spiro atoms. The van der Waals surface area contributed by atoms with Crippen LogP contribution in [0.5, 0.6) is 0 Å². The summed E-state index contributed by atoms with van der Waals surface area (Å²) < 4.78 is 5.31. The number of ether oxygens (including phenoxy) is 1. The molecule has 0 unspecified atom stereocenters. The molecule has 1 aromatic carbocycles. The Morgan fingerprint density at radius 2 is 2.12 bits per heavy atom. The molecular formula is C12H13BrO4. The molecule has 0 amide bonds. The Kier molecular flexibility index (Phi) is 5.15. The van der Waals surface area contributed by atoms with Gasteiger partial charge in [0.25, 0.3) is 0 Å². The molecular weight excluding hydrogens is 288 g/mol. The molecule has 1 aromatic rings. The minimum atomic E-state index is -0.892. The van der Waals surface area contributed by atoms with Crippen LogP contribution in [-0.4, -0.2) is 24.2 Å². The molecule has 0 bridgehead atoms. The average Bonchev–Trinajstić information content (AvgIpc) is 2.29. The summed E-state index contributed by atoms with van der Waals surface area (Å²) in [5.74, 6) is -1.19. The predicted octanol–water partition coefficient (Wildman–Crippen LogP) is 2.18. The standard InChI is InChI=1S/C12H13BrO4/c1-17-12(16)6-5-8-3-2-4-10(13)9(8)7-11(14)15/h2-4H,5-7H2,1H3,(H,14,15). The lowest BCUT2D eigenvalue weighted by atomic mass is 10.0. The Morgan fingerprint density at radius 1 is 1.41 bits per heavy atom. The van der Waals surface area contributed by atoms with E-state index in [1.54, 1.807) is 6.07 Å². The van der Waals surface area contributed by atoms with E-state index in [9.17, 15) is 9.59 Å². The lowest BCUT2D eigenvalue weighted by Gasteiger charge is -2.09. The van der Waals surface area contributed by atoms with Crippen LogP contribution in [-0.2, 0) is 27.2 Å². The summed E-state index contributed by atoms with van der Waals surface area (Å²) in [6, 6.07) is 5.44. The highest BCUT2D eigenvalue weighted by Crippen LogP contribution is 2.22. The molecule has 0 aromatic heterocycles. The van der Waals surface area contributed by atoms with Crippen LogP contribution in [0.3, 0.4) is 0 Å². The first kappa shape index (κ1) is 13.7. The molecule has 1 rings (SSSR count). The third-order valence-corrected chi connectivity index (χ3v) is 3.11. The summed E-state index contributed by atoms with van der Waals surface area (Å²) >= 11 is 3.32. The summed E-state index contributed by atoms with van der Waals surface area (Å²) in [5, 5.41) is 8.83. The van der Waals surface area contributed by atoms with Crippen molar-refractivity contribution in [3.63, 3.8) is 0 Å². The molecule has 0 atom stereocenters. The Morgan fingerprint density at radius 3 is 2.71 bits per heavy atom. The van der Waals surface area contributed by atoms with Crippen molar-refractivity contribution in [2.24, 2.45) is 0 Å². The Bertz CT molecular complexity index is 429. The number of rotatable bonds is 5. The molecule has 1 N–H and O–H groups in total.